The lowest BCUT2D eigenvalue weighted by Gasteiger charge is -2.40. The van der Waals surface area contributed by atoms with Crippen molar-refractivity contribution in [1.82, 2.24) is 4.98 Å². The van der Waals surface area contributed by atoms with Crippen LogP contribution in [0.25, 0.3) is 0 Å². The second kappa shape index (κ2) is 5.53. The molecule has 1 saturated heterocycles. The summed E-state index contributed by atoms with van der Waals surface area (Å²) < 4.78 is 43.8. The number of alkyl halides is 3. The topological polar surface area (TPSA) is 49.1 Å². The standard InChI is InChI=1S/C14H16F3N3O/c1-13(21-2)6-3-7-20(9-13)12-10(8-18)4-5-11(19-12)14(15,16)17/h4-5H,3,6-7,9H2,1-2H3. The average molecular weight is 299 g/mol. The molecule has 0 saturated carbocycles. The summed E-state index contributed by atoms with van der Waals surface area (Å²) in [4.78, 5) is 5.36. The molecule has 1 aromatic heterocycles. The van der Waals surface area contributed by atoms with Gasteiger partial charge in [0.05, 0.1) is 11.2 Å². The number of nitriles is 1. The second-order valence-electron chi connectivity index (χ2n) is 5.36. The van der Waals surface area contributed by atoms with Crippen LogP contribution in [0, 0.1) is 11.3 Å². The summed E-state index contributed by atoms with van der Waals surface area (Å²) in [5.74, 6) is 0.0790. The number of piperidine rings is 1. The fourth-order valence-electron chi connectivity index (χ4n) is 2.49. The molecule has 0 radical (unpaired) electrons. The third-order valence-electron chi connectivity index (χ3n) is 3.74. The predicted molar refractivity (Wildman–Crippen MR) is 70.8 cm³/mol. The maximum atomic E-state index is 12.8. The molecule has 0 spiro atoms. The second-order valence-corrected chi connectivity index (χ2v) is 5.36. The van der Waals surface area contributed by atoms with Crippen molar-refractivity contribution in [2.45, 2.75) is 31.5 Å². The molecule has 1 atom stereocenters. The minimum atomic E-state index is -4.52. The molecule has 1 aliphatic heterocycles. The van der Waals surface area contributed by atoms with E-state index in [0.29, 0.717) is 13.1 Å². The molecular formula is C14H16F3N3O. The highest BCUT2D eigenvalue weighted by Gasteiger charge is 2.36. The molecule has 7 heteroatoms. The Balaban J connectivity index is 2.40. The predicted octanol–water partition coefficient (Wildman–Crippen LogP) is 2.98. The highest BCUT2D eigenvalue weighted by molar-refractivity contribution is 5.55. The first-order valence-electron chi connectivity index (χ1n) is 6.57. The van der Waals surface area contributed by atoms with Crippen LogP contribution in [0.1, 0.15) is 31.0 Å². The van der Waals surface area contributed by atoms with Gasteiger partial charge in [-0.15, -0.1) is 0 Å². The monoisotopic (exact) mass is 299 g/mol. The number of pyridine rings is 1. The van der Waals surface area contributed by atoms with Crippen molar-refractivity contribution in [2.24, 2.45) is 0 Å². The number of ether oxygens (including phenoxy) is 1. The first-order valence-corrected chi connectivity index (χ1v) is 6.57. The van der Waals surface area contributed by atoms with Gasteiger partial charge < -0.3 is 9.64 Å². The van der Waals surface area contributed by atoms with Crippen molar-refractivity contribution >= 4 is 5.82 Å². The van der Waals surface area contributed by atoms with Crippen LogP contribution in [0.5, 0.6) is 0 Å². The molecule has 4 nitrogen and oxygen atoms in total. The van der Waals surface area contributed by atoms with E-state index in [4.69, 9.17) is 10.00 Å². The van der Waals surface area contributed by atoms with Crippen molar-refractivity contribution in [3.63, 3.8) is 0 Å². The highest BCUT2D eigenvalue weighted by atomic mass is 19.4. The lowest BCUT2D eigenvalue weighted by atomic mass is 9.94. The van der Waals surface area contributed by atoms with E-state index >= 15 is 0 Å². The van der Waals surface area contributed by atoms with Crippen LogP contribution >= 0.6 is 0 Å². The molecule has 2 rings (SSSR count). The van der Waals surface area contributed by atoms with E-state index in [1.165, 1.54) is 6.07 Å². The van der Waals surface area contributed by atoms with Gasteiger partial charge in [-0.05, 0) is 31.9 Å². The highest BCUT2D eigenvalue weighted by Crippen LogP contribution is 2.33. The van der Waals surface area contributed by atoms with E-state index in [-0.39, 0.29) is 11.4 Å². The van der Waals surface area contributed by atoms with Gasteiger partial charge in [0.2, 0.25) is 0 Å². The summed E-state index contributed by atoms with van der Waals surface area (Å²) in [7, 11) is 1.58. The number of aromatic nitrogens is 1. The number of halogens is 3. The number of hydrogen-bond acceptors (Lipinski definition) is 4. The smallest absolute Gasteiger partial charge is 0.377 e. The van der Waals surface area contributed by atoms with Gasteiger partial charge in [0.25, 0.3) is 0 Å². The van der Waals surface area contributed by atoms with E-state index in [0.717, 1.165) is 18.9 Å². The Morgan fingerprint density at radius 2 is 2.14 bits per heavy atom. The first-order chi connectivity index (χ1) is 9.79. The molecule has 0 aromatic carbocycles. The molecule has 0 bridgehead atoms. The normalized spacial score (nSPS) is 23.0. The van der Waals surface area contributed by atoms with Gasteiger partial charge in [-0.1, -0.05) is 0 Å². The van der Waals surface area contributed by atoms with Crippen molar-refractivity contribution in [3.8, 4) is 6.07 Å². The molecule has 1 unspecified atom stereocenters. The zero-order valence-corrected chi connectivity index (χ0v) is 11.9. The fraction of sp³-hybridized carbons (Fsp3) is 0.571. The van der Waals surface area contributed by atoms with Crippen molar-refractivity contribution in [3.05, 3.63) is 23.4 Å². The van der Waals surface area contributed by atoms with Crippen LogP contribution in [0.3, 0.4) is 0 Å². The Morgan fingerprint density at radius 3 is 2.71 bits per heavy atom. The minimum Gasteiger partial charge on any atom is -0.377 e. The molecule has 0 N–H and O–H groups in total. The molecule has 2 heterocycles. The summed E-state index contributed by atoms with van der Waals surface area (Å²) in [5.41, 5.74) is -1.29. The van der Waals surface area contributed by atoms with Gasteiger partial charge in [0, 0.05) is 20.2 Å². The summed E-state index contributed by atoms with van der Waals surface area (Å²) in [6.07, 6.45) is -2.93. The summed E-state index contributed by atoms with van der Waals surface area (Å²) in [5, 5.41) is 9.10. The maximum absolute atomic E-state index is 12.8. The largest absolute Gasteiger partial charge is 0.433 e. The number of hydrogen-bond donors (Lipinski definition) is 0. The van der Waals surface area contributed by atoms with Gasteiger partial charge in [-0.2, -0.15) is 18.4 Å². The Bertz CT molecular complexity index is 568. The maximum Gasteiger partial charge on any atom is 0.433 e. The Hall–Kier alpha value is -1.81. The first kappa shape index (κ1) is 15.6. The van der Waals surface area contributed by atoms with Gasteiger partial charge in [-0.3, -0.25) is 0 Å². The number of anilines is 1. The molecule has 1 aliphatic rings. The zero-order valence-electron chi connectivity index (χ0n) is 11.9. The Morgan fingerprint density at radius 1 is 1.43 bits per heavy atom. The molecule has 1 fully saturated rings. The van der Waals surface area contributed by atoms with Crippen molar-refractivity contribution in [1.29, 1.82) is 5.26 Å². The Labute approximate surface area is 121 Å². The molecule has 0 aliphatic carbocycles. The van der Waals surface area contributed by atoms with E-state index in [2.05, 4.69) is 4.98 Å². The van der Waals surface area contributed by atoms with E-state index in [1.54, 1.807) is 12.0 Å². The Kier molecular flexibility index (Phi) is 4.10. The van der Waals surface area contributed by atoms with Crippen LogP contribution in [0.15, 0.2) is 12.1 Å². The number of nitrogens with zero attached hydrogens (tertiary/aromatic N) is 3. The lowest BCUT2D eigenvalue weighted by molar-refractivity contribution is -0.141. The number of methoxy groups -OCH3 is 1. The van der Waals surface area contributed by atoms with Gasteiger partial charge >= 0.3 is 6.18 Å². The third kappa shape index (κ3) is 3.27. The summed E-state index contributed by atoms with van der Waals surface area (Å²) in [6, 6.07) is 3.91. The van der Waals surface area contributed by atoms with E-state index in [9.17, 15) is 13.2 Å². The SMILES string of the molecule is COC1(C)CCCN(c2nc(C(F)(F)F)ccc2C#N)C1. The number of rotatable bonds is 2. The van der Waals surface area contributed by atoms with Crippen LogP contribution in [0.4, 0.5) is 19.0 Å². The average Bonchev–Trinajstić information content (AvgIpc) is 2.45. The third-order valence-corrected chi connectivity index (χ3v) is 3.74. The summed E-state index contributed by atoms with van der Waals surface area (Å²) >= 11 is 0. The van der Waals surface area contributed by atoms with E-state index in [1.807, 2.05) is 13.0 Å². The fourth-order valence-corrected chi connectivity index (χ4v) is 2.49. The van der Waals surface area contributed by atoms with Crippen LogP contribution < -0.4 is 4.90 Å². The molecule has 0 amide bonds. The van der Waals surface area contributed by atoms with Crippen LogP contribution in [0.2, 0.25) is 0 Å². The van der Waals surface area contributed by atoms with Crippen molar-refractivity contribution < 1.29 is 17.9 Å². The van der Waals surface area contributed by atoms with Gasteiger partial charge in [0.1, 0.15) is 17.6 Å². The van der Waals surface area contributed by atoms with Crippen LogP contribution in [-0.4, -0.2) is 30.8 Å². The summed E-state index contributed by atoms with van der Waals surface area (Å²) in [6.45, 7) is 2.87. The minimum absolute atomic E-state index is 0.0790. The lowest BCUT2D eigenvalue weighted by Crippen LogP contribution is -2.48. The molecule has 1 aromatic rings. The molecule has 114 valence electrons. The van der Waals surface area contributed by atoms with E-state index < -0.39 is 17.5 Å². The van der Waals surface area contributed by atoms with Gasteiger partial charge in [-0.25, -0.2) is 4.98 Å². The zero-order chi connectivity index (χ0) is 15.7. The molecular weight excluding hydrogens is 283 g/mol. The quantitative estimate of drug-likeness (QED) is 0.842. The molecule has 21 heavy (non-hydrogen) atoms. The van der Waals surface area contributed by atoms with Crippen LogP contribution in [-0.2, 0) is 10.9 Å². The van der Waals surface area contributed by atoms with Gasteiger partial charge in [0.15, 0.2) is 0 Å². The van der Waals surface area contributed by atoms with Crippen molar-refractivity contribution in [2.75, 3.05) is 25.1 Å².